The van der Waals surface area contributed by atoms with Crippen molar-refractivity contribution in [2.24, 2.45) is 5.92 Å². The third-order valence-corrected chi connectivity index (χ3v) is 5.70. The number of carboxylic acids is 1. The van der Waals surface area contributed by atoms with E-state index >= 15 is 0 Å². The monoisotopic (exact) mass is 266 g/mol. The lowest BCUT2D eigenvalue weighted by molar-refractivity contribution is -0.138. The topological polar surface area (TPSA) is 43.8 Å². The lowest BCUT2D eigenvalue weighted by Gasteiger charge is -2.44. The zero-order valence-corrected chi connectivity index (χ0v) is 11.9. The zero-order valence-electron chi connectivity index (χ0n) is 11.9. The van der Waals surface area contributed by atoms with Crippen LogP contribution in [-0.4, -0.2) is 59.1 Å². The van der Waals surface area contributed by atoms with Gasteiger partial charge in [-0.2, -0.15) is 0 Å². The van der Waals surface area contributed by atoms with Crippen LogP contribution in [0.15, 0.2) is 0 Å². The van der Waals surface area contributed by atoms with Crippen LogP contribution in [0.4, 0.5) is 0 Å². The summed E-state index contributed by atoms with van der Waals surface area (Å²) in [6.45, 7) is 2.23. The Bertz CT molecular complexity index is 325. The quantitative estimate of drug-likeness (QED) is 0.846. The standard InChI is InChI=1S/C15H26N2O2/c1-16-12-2-3-13(16)10-14(9-12)17-6-4-11(5-7-17)8-15(18)19/h11-14H,2-10H2,1H3,(H,18,19). The van der Waals surface area contributed by atoms with Crippen LogP contribution in [-0.2, 0) is 4.79 Å². The highest BCUT2D eigenvalue weighted by Crippen LogP contribution is 2.37. The van der Waals surface area contributed by atoms with E-state index in [-0.39, 0.29) is 0 Å². The molecule has 4 nitrogen and oxygen atoms in total. The molecule has 0 saturated carbocycles. The van der Waals surface area contributed by atoms with E-state index < -0.39 is 5.97 Å². The summed E-state index contributed by atoms with van der Waals surface area (Å²) in [5.41, 5.74) is 0. The van der Waals surface area contributed by atoms with Crippen molar-refractivity contribution in [3.63, 3.8) is 0 Å². The summed E-state index contributed by atoms with van der Waals surface area (Å²) in [4.78, 5) is 16.0. The number of hydrogen-bond acceptors (Lipinski definition) is 3. The van der Waals surface area contributed by atoms with Crippen molar-refractivity contribution in [2.75, 3.05) is 20.1 Å². The Hall–Kier alpha value is -0.610. The van der Waals surface area contributed by atoms with Crippen LogP contribution < -0.4 is 0 Å². The number of fused-ring (bicyclic) bond motifs is 2. The molecule has 3 heterocycles. The van der Waals surface area contributed by atoms with E-state index in [0.717, 1.165) is 44.1 Å². The number of rotatable bonds is 3. The molecule has 0 aromatic rings. The smallest absolute Gasteiger partial charge is 0.303 e. The van der Waals surface area contributed by atoms with Gasteiger partial charge < -0.3 is 14.9 Å². The summed E-state index contributed by atoms with van der Waals surface area (Å²) in [6.07, 6.45) is 7.95. The van der Waals surface area contributed by atoms with Gasteiger partial charge in [0.1, 0.15) is 0 Å². The highest BCUT2D eigenvalue weighted by Gasteiger charge is 2.40. The molecule has 0 aliphatic carbocycles. The number of aliphatic carboxylic acids is 1. The minimum absolute atomic E-state index is 0.368. The van der Waals surface area contributed by atoms with E-state index in [9.17, 15) is 4.79 Å². The molecule has 2 unspecified atom stereocenters. The minimum Gasteiger partial charge on any atom is -0.481 e. The molecule has 3 rings (SSSR count). The molecular weight excluding hydrogens is 240 g/mol. The first-order valence-corrected chi connectivity index (χ1v) is 7.81. The van der Waals surface area contributed by atoms with E-state index in [1.807, 2.05) is 0 Å². The van der Waals surface area contributed by atoms with Crippen molar-refractivity contribution in [3.05, 3.63) is 0 Å². The van der Waals surface area contributed by atoms with Gasteiger partial charge in [0.2, 0.25) is 0 Å². The fraction of sp³-hybridized carbons (Fsp3) is 0.933. The van der Waals surface area contributed by atoms with Crippen molar-refractivity contribution in [1.82, 2.24) is 9.80 Å². The van der Waals surface area contributed by atoms with Gasteiger partial charge in [-0.05, 0) is 64.6 Å². The molecule has 0 aromatic heterocycles. The molecule has 0 radical (unpaired) electrons. The van der Waals surface area contributed by atoms with Crippen LogP contribution in [0.1, 0.15) is 44.9 Å². The Balaban J connectivity index is 1.51. The number of nitrogens with zero attached hydrogens (tertiary/aromatic N) is 2. The van der Waals surface area contributed by atoms with Gasteiger partial charge in [0.25, 0.3) is 0 Å². The molecular formula is C15H26N2O2. The number of piperidine rings is 2. The second-order valence-corrected chi connectivity index (χ2v) is 6.75. The molecule has 3 aliphatic heterocycles. The van der Waals surface area contributed by atoms with E-state index in [1.54, 1.807) is 0 Å². The molecule has 19 heavy (non-hydrogen) atoms. The molecule has 1 N–H and O–H groups in total. The Kier molecular flexibility index (Phi) is 3.81. The van der Waals surface area contributed by atoms with E-state index in [0.29, 0.717) is 12.3 Å². The maximum atomic E-state index is 10.8. The number of carboxylic acid groups (broad SMARTS) is 1. The van der Waals surface area contributed by atoms with Gasteiger partial charge in [-0.1, -0.05) is 0 Å². The third kappa shape index (κ3) is 2.79. The van der Waals surface area contributed by atoms with E-state index in [1.165, 1.54) is 25.7 Å². The molecule has 3 saturated heterocycles. The van der Waals surface area contributed by atoms with Crippen LogP contribution in [0.5, 0.6) is 0 Å². The van der Waals surface area contributed by atoms with Gasteiger partial charge in [0.05, 0.1) is 0 Å². The van der Waals surface area contributed by atoms with Crippen molar-refractivity contribution >= 4 is 5.97 Å². The largest absolute Gasteiger partial charge is 0.481 e. The zero-order chi connectivity index (χ0) is 13.4. The molecule has 0 spiro atoms. The first-order valence-electron chi connectivity index (χ1n) is 7.81. The predicted octanol–water partition coefficient (Wildman–Crippen LogP) is 1.80. The number of likely N-dealkylation sites (tertiary alicyclic amines) is 1. The van der Waals surface area contributed by atoms with Crippen molar-refractivity contribution < 1.29 is 9.90 Å². The Morgan fingerprint density at radius 2 is 1.63 bits per heavy atom. The summed E-state index contributed by atoms with van der Waals surface area (Å²) in [6, 6.07) is 2.38. The Morgan fingerprint density at radius 3 is 2.16 bits per heavy atom. The second-order valence-electron chi connectivity index (χ2n) is 6.75. The molecule has 2 bridgehead atoms. The minimum atomic E-state index is -0.629. The fourth-order valence-electron chi connectivity index (χ4n) is 4.45. The second kappa shape index (κ2) is 5.41. The SMILES string of the molecule is CN1C2CCC1CC(N1CCC(CC(=O)O)CC1)C2. The van der Waals surface area contributed by atoms with Crippen molar-refractivity contribution in [1.29, 1.82) is 0 Å². The highest BCUT2D eigenvalue weighted by atomic mass is 16.4. The van der Waals surface area contributed by atoms with Crippen LogP contribution in [0.2, 0.25) is 0 Å². The Morgan fingerprint density at radius 1 is 1.05 bits per heavy atom. The average molecular weight is 266 g/mol. The Labute approximate surface area is 115 Å². The van der Waals surface area contributed by atoms with Crippen molar-refractivity contribution in [2.45, 2.75) is 63.1 Å². The molecule has 108 valence electrons. The van der Waals surface area contributed by atoms with Crippen LogP contribution in [0.25, 0.3) is 0 Å². The van der Waals surface area contributed by atoms with Gasteiger partial charge in [0, 0.05) is 24.5 Å². The van der Waals surface area contributed by atoms with Gasteiger partial charge >= 0.3 is 5.97 Å². The summed E-state index contributed by atoms with van der Waals surface area (Å²) < 4.78 is 0. The van der Waals surface area contributed by atoms with Gasteiger partial charge in [-0.25, -0.2) is 0 Å². The molecule has 3 aliphatic rings. The number of carbonyl (C=O) groups is 1. The summed E-state index contributed by atoms with van der Waals surface area (Å²) in [5.74, 6) is -0.215. The lowest BCUT2D eigenvalue weighted by Crippen LogP contribution is -2.51. The summed E-state index contributed by atoms with van der Waals surface area (Å²) in [7, 11) is 2.29. The van der Waals surface area contributed by atoms with Gasteiger partial charge in [-0.15, -0.1) is 0 Å². The fourth-order valence-corrected chi connectivity index (χ4v) is 4.45. The molecule has 4 heteroatoms. The van der Waals surface area contributed by atoms with E-state index in [2.05, 4.69) is 16.8 Å². The number of hydrogen-bond donors (Lipinski definition) is 1. The maximum Gasteiger partial charge on any atom is 0.303 e. The van der Waals surface area contributed by atoms with Gasteiger partial charge in [-0.3, -0.25) is 4.79 Å². The summed E-state index contributed by atoms with van der Waals surface area (Å²) >= 11 is 0. The molecule has 0 amide bonds. The van der Waals surface area contributed by atoms with Crippen LogP contribution in [0, 0.1) is 5.92 Å². The highest BCUT2D eigenvalue weighted by molar-refractivity contribution is 5.67. The van der Waals surface area contributed by atoms with Gasteiger partial charge in [0.15, 0.2) is 0 Å². The van der Waals surface area contributed by atoms with Crippen molar-refractivity contribution in [3.8, 4) is 0 Å². The van der Waals surface area contributed by atoms with Crippen LogP contribution >= 0.6 is 0 Å². The molecule has 2 atom stereocenters. The first kappa shape index (κ1) is 13.4. The lowest BCUT2D eigenvalue weighted by atomic mass is 9.89. The third-order valence-electron chi connectivity index (χ3n) is 5.70. The molecule has 0 aromatic carbocycles. The average Bonchev–Trinajstić information content (AvgIpc) is 2.62. The van der Waals surface area contributed by atoms with Crippen LogP contribution in [0.3, 0.4) is 0 Å². The van der Waals surface area contributed by atoms with E-state index in [4.69, 9.17) is 5.11 Å². The summed E-state index contributed by atoms with van der Waals surface area (Å²) in [5, 5.41) is 8.87. The first-order chi connectivity index (χ1) is 9.13. The predicted molar refractivity (Wildman–Crippen MR) is 74.1 cm³/mol. The normalized spacial score (nSPS) is 37.6. The maximum absolute atomic E-state index is 10.8. The molecule has 3 fully saturated rings.